The second-order valence-electron chi connectivity index (χ2n) is 5.88. The van der Waals surface area contributed by atoms with E-state index in [1.807, 2.05) is 0 Å². The number of benzene rings is 2. The molecule has 5 nitrogen and oxygen atoms in total. The molecule has 2 aromatic carbocycles. The summed E-state index contributed by atoms with van der Waals surface area (Å²) in [5.74, 6) is -2.54. The number of rotatable bonds is 5. The van der Waals surface area contributed by atoms with Gasteiger partial charge in [0, 0.05) is 11.5 Å². The van der Waals surface area contributed by atoms with Gasteiger partial charge in [0.25, 0.3) is 0 Å². The van der Waals surface area contributed by atoms with Gasteiger partial charge in [0.2, 0.25) is 11.8 Å². The topological polar surface area (TPSA) is 81.4 Å². The van der Waals surface area contributed by atoms with Crippen molar-refractivity contribution in [1.82, 2.24) is 0 Å². The second kappa shape index (κ2) is 6.51. The van der Waals surface area contributed by atoms with Crippen molar-refractivity contribution in [3.8, 4) is 5.75 Å². The average molecular weight is 346 g/mol. The lowest BCUT2D eigenvalue weighted by molar-refractivity contribution is -0.117. The van der Waals surface area contributed by atoms with E-state index in [0.29, 0.717) is 17.9 Å². The lowest BCUT2D eigenvalue weighted by Gasteiger charge is -2.11. The Balaban J connectivity index is 1.77. The van der Waals surface area contributed by atoms with Crippen LogP contribution in [0.3, 0.4) is 0 Å². The fraction of sp³-hybridized carbons (Fsp3) is 0.222. The largest absolute Gasteiger partial charge is 0.495 e. The summed E-state index contributed by atoms with van der Waals surface area (Å²) in [6.45, 7) is 0. The van der Waals surface area contributed by atoms with E-state index in [-0.39, 0.29) is 23.0 Å². The summed E-state index contributed by atoms with van der Waals surface area (Å²) in [6, 6.07) is 7.62. The number of hydrogen-bond donors (Lipinski definition) is 2. The number of nitrogens with two attached hydrogens (primary N) is 1. The zero-order valence-electron chi connectivity index (χ0n) is 13.4. The van der Waals surface area contributed by atoms with Crippen LogP contribution in [-0.2, 0) is 4.79 Å². The third-order valence-electron chi connectivity index (χ3n) is 4.23. The summed E-state index contributed by atoms with van der Waals surface area (Å²) in [4.78, 5) is 23.7. The summed E-state index contributed by atoms with van der Waals surface area (Å²) in [6.07, 6.45) is 0.421. The Bertz CT molecular complexity index is 854. The zero-order chi connectivity index (χ0) is 18.1. The Morgan fingerprint density at radius 2 is 1.96 bits per heavy atom. The molecule has 0 bridgehead atoms. The van der Waals surface area contributed by atoms with E-state index in [2.05, 4.69) is 5.32 Å². The predicted octanol–water partition coefficient (Wildman–Crippen LogP) is 2.81. The minimum Gasteiger partial charge on any atom is -0.495 e. The lowest BCUT2D eigenvalue weighted by atomic mass is 10.1. The molecule has 2 amide bonds. The highest BCUT2D eigenvalue weighted by Crippen LogP contribution is 2.49. The highest BCUT2D eigenvalue weighted by atomic mass is 19.1. The predicted molar refractivity (Wildman–Crippen MR) is 87.3 cm³/mol. The fourth-order valence-corrected chi connectivity index (χ4v) is 2.81. The van der Waals surface area contributed by atoms with Crippen LogP contribution in [0.2, 0.25) is 0 Å². The van der Waals surface area contributed by atoms with Gasteiger partial charge in [-0.1, -0.05) is 0 Å². The van der Waals surface area contributed by atoms with Gasteiger partial charge < -0.3 is 15.8 Å². The normalized spacial score (nSPS) is 18.5. The summed E-state index contributed by atoms with van der Waals surface area (Å²) in [5.41, 5.74) is 5.95. The first-order valence-corrected chi connectivity index (χ1v) is 7.64. The van der Waals surface area contributed by atoms with E-state index in [4.69, 9.17) is 10.5 Å². The van der Waals surface area contributed by atoms with Crippen LogP contribution in [0.15, 0.2) is 36.4 Å². The molecule has 130 valence electrons. The number of carbonyl (C=O) groups is 2. The highest BCUT2D eigenvalue weighted by Gasteiger charge is 2.45. The standard InChI is InChI=1S/C18H16F2N2O3/c1-25-16-5-2-9(17(21)23)6-15(16)22-18(24)13-8-11(13)12-7-10(19)3-4-14(12)20/h2-7,11,13H,8H2,1H3,(H2,21,23)(H,22,24)/t11-,13-/m0/s1. The minimum atomic E-state index is -0.635. The van der Waals surface area contributed by atoms with Crippen molar-refractivity contribution in [3.05, 3.63) is 59.2 Å². The van der Waals surface area contributed by atoms with Gasteiger partial charge in [0.05, 0.1) is 12.8 Å². The molecule has 0 aromatic heterocycles. The molecule has 3 N–H and O–H groups in total. The Morgan fingerprint density at radius 1 is 1.20 bits per heavy atom. The van der Waals surface area contributed by atoms with Crippen molar-refractivity contribution < 1.29 is 23.1 Å². The summed E-state index contributed by atoms with van der Waals surface area (Å²) in [7, 11) is 1.43. The number of methoxy groups -OCH3 is 1. The van der Waals surface area contributed by atoms with Crippen molar-refractivity contribution in [1.29, 1.82) is 0 Å². The Labute approximate surface area is 142 Å². The summed E-state index contributed by atoms with van der Waals surface area (Å²) < 4.78 is 32.3. The minimum absolute atomic E-state index is 0.193. The maximum atomic E-state index is 13.8. The number of anilines is 1. The van der Waals surface area contributed by atoms with Crippen LogP contribution in [0.25, 0.3) is 0 Å². The molecule has 0 unspecified atom stereocenters. The van der Waals surface area contributed by atoms with Crippen molar-refractivity contribution in [2.75, 3.05) is 12.4 Å². The average Bonchev–Trinajstić information content (AvgIpc) is 3.37. The van der Waals surface area contributed by atoms with Crippen molar-refractivity contribution in [3.63, 3.8) is 0 Å². The number of halogens is 2. The van der Waals surface area contributed by atoms with Crippen LogP contribution in [0.5, 0.6) is 5.75 Å². The number of nitrogens with one attached hydrogen (secondary N) is 1. The van der Waals surface area contributed by atoms with Gasteiger partial charge >= 0.3 is 0 Å². The molecule has 3 rings (SSSR count). The maximum absolute atomic E-state index is 13.8. The molecule has 0 aliphatic heterocycles. The Hall–Kier alpha value is -2.96. The van der Waals surface area contributed by atoms with Gasteiger partial charge in [-0.15, -0.1) is 0 Å². The zero-order valence-corrected chi connectivity index (χ0v) is 13.4. The molecule has 2 aromatic rings. The molecule has 1 aliphatic rings. The van der Waals surface area contributed by atoms with Gasteiger partial charge in [-0.3, -0.25) is 9.59 Å². The van der Waals surface area contributed by atoms with E-state index < -0.39 is 23.5 Å². The van der Waals surface area contributed by atoms with Crippen LogP contribution >= 0.6 is 0 Å². The molecule has 0 heterocycles. The molecule has 1 aliphatic carbocycles. The molecular weight excluding hydrogens is 330 g/mol. The molecule has 25 heavy (non-hydrogen) atoms. The van der Waals surface area contributed by atoms with Gasteiger partial charge in [-0.05, 0) is 54.3 Å². The van der Waals surface area contributed by atoms with E-state index >= 15 is 0 Å². The number of primary amides is 1. The molecule has 2 atom stereocenters. The maximum Gasteiger partial charge on any atom is 0.248 e. The van der Waals surface area contributed by atoms with E-state index in [1.165, 1.54) is 25.3 Å². The number of carbonyl (C=O) groups excluding carboxylic acids is 2. The third-order valence-corrected chi connectivity index (χ3v) is 4.23. The number of hydrogen-bond acceptors (Lipinski definition) is 3. The van der Waals surface area contributed by atoms with Crippen LogP contribution in [0, 0.1) is 17.6 Å². The second-order valence-corrected chi connectivity index (χ2v) is 5.88. The van der Waals surface area contributed by atoms with Crippen LogP contribution in [0.1, 0.15) is 28.3 Å². The number of ether oxygens (including phenoxy) is 1. The van der Waals surface area contributed by atoms with Gasteiger partial charge in [-0.2, -0.15) is 0 Å². The van der Waals surface area contributed by atoms with Crippen LogP contribution in [-0.4, -0.2) is 18.9 Å². The van der Waals surface area contributed by atoms with E-state index in [9.17, 15) is 18.4 Å². The monoisotopic (exact) mass is 346 g/mol. The van der Waals surface area contributed by atoms with Gasteiger partial charge in [0.15, 0.2) is 0 Å². The molecule has 7 heteroatoms. The molecule has 0 radical (unpaired) electrons. The van der Waals surface area contributed by atoms with E-state index in [0.717, 1.165) is 18.2 Å². The van der Waals surface area contributed by atoms with Crippen molar-refractivity contribution in [2.24, 2.45) is 11.7 Å². The number of amides is 2. The first-order chi connectivity index (χ1) is 11.9. The van der Waals surface area contributed by atoms with Crippen molar-refractivity contribution >= 4 is 17.5 Å². The Morgan fingerprint density at radius 3 is 2.64 bits per heavy atom. The SMILES string of the molecule is COc1ccc(C(N)=O)cc1NC(=O)[C@H]1C[C@H]1c1cc(F)ccc1F. The molecule has 1 saturated carbocycles. The van der Waals surface area contributed by atoms with Gasteiger partial charge in [0.1, 0.15) is 17.4 Å². The van der Waals surface area contributed by atoms with Crippen LogP contribution < -0.4 is 15.8 Å². The fourth-order valence-electron chi connectivity index (χ4n) is 2.81. The van der Waals surface area contributed by atoms with Gasteiger partial charge in [-0.25, -0.2) is 8.78 Å². The third kappa shape index (κ3) is 3.45. The first-order valence-electron chi connectivity index (χ1n) is 7.64. The quantitative estimate of drug-likeness (QED) is 0.873. The molecule has 0 spiro atoms. The van der Waals surface area contributed by atoms with Crippen LogP contribution in [0.4, 0.5) is 14.5 Å². The summed E-state index contributed by atoms with van der Waals surface area (Å²) >= 11 is 0. The highest BCUT2D eigenvalue weighted by molar-refractivity contribution is 5.99. The lowest BCUT2D eigenvalue weighted by Crippen LogP contribution is -2.17. The molecule has 1 fully saturated rings. The van der Waals surface area contributed by atoms with E-state index in [1.54, 1.807) is 0 Å². The first kappa shape index (κ1) is 16.9. The Kier molecular flexibility index (Phi) is 4.39. The summed E-state index contributed by atoms with van der Waals surface area (Å²) in [5, 5.41) is 2.66. The molecular formula is C18H16F2N2O3. The molecule has 0 saturated heterocycles. The smallest absolute Gasteiger partial charge is 0.248 e. The van der Waals surface area contributed by atoms with Crippen molar-refractivity contribution in [2.45, 2.75) is 12.3 Å².